The van der Waals surface area contributed by atoms with Crippen LogP contribution >= 0.6 is 11.8 Å². The number of carbonyl (C=O) groups is 1. The van der Waals surface area contributed by atoms with Crippen LogP contribution in [0.25, 0.3) is 0 Å². The van der Waals surface area contributed by atoms with Crippen molar-refractivity contribution in [3.8, 4) is 5.75 Å². The van der Waals surface area contributed by atoms with Crippen molar-refractivity contribution in [1.82, 2.24) is 5.32 Å². The van der Waals surface area contributed by atoms with Crippen LogP contribution in [0.2, 0.25) is 0 Å². The molecule has 0 spiro atoms. The molecule has 0 radical (unpaired) electrons. The van der Waals surface area contributed by atoms with Crippen LogP contribution in [-0.4, -0.2) is 29.1 Å². The Kier molecular flexibility index (Phi) is 5.19. The zero-order valence-corrected chi connectivity index (χ0v) is 10.4. The van der Waals surface area contributed by atoms with Gasteiger partial charge in [0.2, 0.25) is 0 Å². The highest BCUT2D eigenvalue weighted by Gasteiger charge is 2.12. The smallest absolute Gasteiger partial charge is 0.255 e. The Morgan fingerprint density at radius 1 is 1.50 bits per heavy atom. The van der Waals surface area contributed by atoms with E-state index in [9.17, 15) is 9.90 Å². The standard InChI is InChI=1S/C12H17NO2S/c1-9(7-8-16-2)13-12(15)10-5-3-4-6-11(10)14/h3-6,9,14H,7-8H2,1-2H3,(H,13,15)/t9-/m1/s1. The Labute approximate surface area is 100 Å². The van der Waals surface area contributed by atoms with Crippen LogP contribution in [0, 0.1) is 0 Å². The van der Waals surface area contributed by atoms with Crippen molar-refractivity contribution < 1.29 is 9.90 Å². The number of carbonyl (C=O) groups excluding carboxylic acids is 1. The lowest BCUT2D eigenvalue weighted by Crippen LogP contribution is -2.32. The van der Waals surface area contributed by atoms with Crippen LogP contribution < -0.4 is 5.32 Å². The van der Waals surface area contributed by atoms with Gasteiger partial charge in [0.25, 0.3) is 5.91 Å². The maximum absolute atomic E-state index is 11.8. The molecule has 0 saturated carbocycles. The van der Waals surface area contributed by atoms with E-state index in [1.165, 1.54) is 6.07 Å². The lowest BCUT2D eigenvalue weighted by molar-refractivity contribution is 0.0937. The highest BCUT2D eigenvalue weighted by Crippen LogP contribution is 2.15. The Morgan fingerprint density at radius 2 is 2.19 bits per heavy atom. The highest BCUT2D eigenvalue weighted by molar-refractivity contribution is 7.98. The summed E-state index contributed by atoms with van der Waals surface area (Å²) in [5.41, 5.74) is 0.332. The first-order valence-corrected chi connectivity index (χ1v) is 6.62. The average Bonchev–Trinajstić information content (AvgIpc) is 2.26. The second-order valence-electron chi connectivity index (χ2n) is 3.67. The third-order valence-electron chi connectivity index (χ3n) is 2.28. The second-order valence-corrected chi connectivity index (χ2v) is 4.66. The number of para-hydroxylation sites is 1. The van der Waals surface area contributed by atoms with Gasteiger partial charge < -0.3 is 10.4 Å². The third kappa shape index (κ3) is 3.77. The van der Waals surface area contributed by atoms with Crippen LogP contribution in [-0.2, 0) is 0 Å². The van der Waals surface area contributed by atoms with Gasteiger partial charge >= 0.3 is 0 Å². The third-order valence-corrected chi connectivity index (χ3v) is 2.93. The molecule has 0 aromatic heterocycles. The van der Waals surface area contributed by atoms with Gasteiger partial charge in [-0.2, -0.15) is 11.8 Å². The zero-order chi connectivity index (χ0) is 12.0. The summed E-state index contributed by atoms with van der Waals surface area (Å²) in [5.74, 6) is 0.825. The molecule has 1 aromatic carbocycles. The fraction of sp³-hybridized carbons (Fsp3) is 0.417. The van der Waals surface area contributed by atoms with E-state index in [4.69, 9.17) is 0 Å². The number of phenolic OH excluding ortho intramolecular Hbond substituents is 1. The van der Waals surface area contributed by atoms with Gasteiger partial charge in [-0.05, 0) is 37.5 Å². The molecule has 0 aliphatic carbocycles. The van der Waals surface area contributed by atoms with E-state index in [2.05, 4.69) is 5.32 Å². The van der Waals surface area contributed by atoms with Crippen molar-refractivity contribution in [2.75, 3.05) is 12.0 Å². The van der Waals surface area contributed by atoms with Crippen LogP contribution in [0.15, 0.2) is 24.3 Å². The van der Waals surface area contributed by atoms with E-state index in [-0.39, 0.29) is 17.7 Å². The number of phenols is 1. The lowest BCUT2D eigenvalue weighted by atomic mass is 10.1. The van der Waals surface area contributed by atoms with Gasteiger partial charge in [0.1, 0.15) is 5.75 Å². The van der Waals surface area contributed by atoms with Gasteiger partial charge in [-0.25, -0.2) is 0 Å². The van der Waals surface area contributed by atoms with Crippen LogP contribution in [0.3, 0.4) is 0 Å². The first-order valence-electron chi connectivity index (χ1n) is 5.23. The number of hydrogen-bond donors (Lipinski definition) is 2. The maximum Gasteiger partial charge on any atom is 0.255 e. The minimum atomic E-state index is -0.216. The molecule has 16 heavy (non-hydrogen) atoms. The van der Waals surface area contributed by atoms with Crippen LogP contribution in [0.1, 0.15) is 23.7 Å². The number of rotatable bonds is 5. The van der Waals surface area contributed by atoms with Crippen LogP contribution in [0.4, 0.5) is 0 Å². The molecule has 1 atom stereocenters. The molecule has 0 unspecified atom stereocenters. The molecule has 2 N–H and O–H groups in total. The molecule has 88 valence electrons. The molecular formula is C12H17NO2S. The number of aromatic hydroxyl groups is 1. The van der Waals surface area contributed by atoms with E-state index in [0.717, 1.165) is 12.2 Å². The van der Waals surface area contributed by atoms with Gasteiger partial charge in [0.15, 0.2) is 0 Å². The molecule has 1 aromatic rings. The molecule has 0 heterocycles. The summed E-state index contributed by atoms with van der Waals surface area (Å²) in [6.45, 7) is 1.97. The van der Waals surface area contributed by atoms with Crippen molar-refractivity contribution in [3.05, 3.63) is 29.8 Å². The number of benzene rings is 1. The minimum Gasteiger partial charge on any atom is -0.507 e. The largest absolute Gasteiger partial charge is 0.507 e. The van der Waals surface area contributed by atoms with E-state index in [0.29, 0.717) is 5.56 Å². The van der Waals surface area contributed by atoms with Crippen molar-refractivity contribution >= 4 is 17.7 Å². The molecular weight excluding hydrogens is 222 g/mol. The number of nitrogens with one attached hydrogen (secondary N) is 1. The second kappa shape index (κ2) is 6.43. The maximum atomic E-state index is 11.8. The fourth-order valence-electron chi connectivity index (χ4n) is 1.33. The summed E-state index contributed by atoms with van der Waals surface area (Å²) in [7, 11) is 0. The summed E-state index contributed by atoms with van der Waals surface area (Å²) in [4.78, 5) is 11.8. The van der Waals surface area contributed by atoms with Gasteiger partial charge in [-0.15, -0.1) is 0 Å². The lowest BCUT2D eigenvalue weighted by Gasteiger charge is -2.13. The summed E-state index contributed by atoms with van der Waals surface area (Å²) in [6.07, 6.45) is 2.97. The van der Waals surface area contributed by atoms with Crippen molar-refractivity contribution in [1.29, 1.82) is 0 Å². The molecule has 0 fully saturated rings. The molecule has 3 nitrogen and oxygen atoms in total. The van der Waals surface area contributed by atoms with Crippen molar-refractivity contribution in [2.45, 2.75) is 19.4 Å². The highest BCUT2D eigenvalue weighted by atomic mass is 32.2. The number of hydrogen-bond acceptors (Lipinski definition) is 3. The summed E-state index contributed by atoms with van der Waals surface area (Å²) in [5, 5.41) is 12.4. The topological polar surface area (TPSA) is 49.3 Å². The molecule has 1 rings (SSSR count). The first kappa shape index (κ1) is 12.9. The van der Waals surface area contributed by atoms with Gasteiger partial charge in [0.05, 0.1) is 5.56 Å². The van der Waals surface area contributed by atoms with Gasteiger partial charge in [0, 0.05) is 6.04 Å². The van der Waals surface area contributed by atoms with Gasteiger partial charge in [-0.1, -0.05) is 12.1 Å². The minimum absolute atomic E-state index is 0.0251. The molecule has 0 bridgehead atoms. The van der Waals surface area contributed by atoms with Crippen LogP contribution in [0.5, 0.6) is 5.75 Å². The van der Waals surface area contributed by atoms with E-state index in [1.54, 1.807) is 30.0 Å². The average molecular weight is 239 g/mol. The zero-order valence-electron chi connectivity index (χ0n) is 9.56. The predicted octanol–water partition coefficient (Wildman–Crippen LogP) is 2.26. The summed E-state index contributed by atoms with van der Waals surface area (Å²) < 4.78 is 0. The predicted molar refractivity (Wildman–Crippen MR) is 68.0 cm³/mol. The van der Waals surface area contributed by atoms with E-state index >= 15 is 0 Å². The quantitative estimate of drug-likeness (QED) is 0.828. The summed E-state index contributed by atoms with van der Waals surface area (Å²) >= 11 is 1.76. The number of amides is 1. The first-order chi connectivity index (χ1) is 7.65. The Morgan fingerprint density at radius 3 is 2.81 bits per heavy atom. The monoisotopic (exact) mass is 239 g/mol. The fourth-order valence-corrected chi connectivity index (χ4v) is 1.92. The molecule has 0 aliphatic heterocycles. The molecule has 0 aliphatic rings. The molecule has 4 heteroatoms. The normalized spacial score (nSPS) is 12.1. The van der Waals surface area contributed by atoms with Crippen molar-refractivity contribution in [2.24, 2.45) is 0 Å². The molecule has 1 amide bonds. The SMILES string of the molecule is CSCC[C@@H](C)NC(=O)c1ccccc1O. The van der Waals surface area contributed by atoms with Gasteiger partial charge in [-0.3, -0.25) is 4.79 Å². The van der Waals surface area contributed by atoms with E-state index in [1.807, 2.05) is 13.2 Å². The Hall–Kier alpha value is -1.16. The molecule has 0 saturated heterocycles. The summed E-state index contributed by atoms with van der Waals surface area (Å²) in [6, 6.07) is 6.69. The van der Waals surface area contributed by atoms with E-state index < -0.39 is 0 Å². The Bertz CT molecular complexity index is 355. The Balaban J connectivity index is 2.56. The number of thioether (sulfide) groups is 1. The van der Waals surface area contributed by atoms with Crippen molar-refractivity contribution in [3.63, 3.8) is 0 Å².